The van der Waals surface area contributed by atoms with Crippen LogP contribution in [0.5, 0.6) is 0 Å². The lowest BCUT2D eigenvalue weighted by Crippen LogP contribution is -2.37. The molecule has 1 fully saturated rings. The second kappa shape index (κ2) is 7.03. The Labute approximate surface area is 152 Å². The summed E-state index contributed by atoms with van der Waals surface area (Å²) in [4.78, 5) is 15.1. The Morgan fingerprint density at radius 1 is 1.19 bits per heavy atom. The second-order valence-corrected chi connectivity index (χ2v) is 7.04. The molecule has 5 nitrogen and oxygen atoms in total. The van der Waals surface area contributed by atoms with Crippen LogP contribution in [0.4, 0.5) is 4.39 Å². The van der Waals surface area contributed by atoms with Gasteiger partial charge in [-0.05, 0) is 55.8 Å². The van der Waals surface area contributed by atoms with Crippen molar-refractivity contribution < 1.29 is 9.18 Å². The second-order valence-electron chi connectivity index (χ2n) is 7.04. The Morgan fingerprint density at radius 2 is 1.92 bits per heavy atom. The van der Waals surface area contributed by atoms with Crippen molar-refractivity contribution in [2.24, 2.45) is 12.1 Å². The van der Waals surface area contributed by atoms with Crippen molar-refractivity contribution >= 4 is 11.6 Å². The van der Waals surface area contributed by atoms with E-state index in [0.29, 0.717) is 13.0 Å². The molecule has 0 bridgehead atoms. The maximum Gasteiger partial charge on any atom is 0.257 e. The zero-order chi connectivity index (χ0) is 18.1. The summed E-state index contributed by atoms with van der Waals surface area (Å²) in [7, 11) is 1.98. The highest BCUT2D eigenvalue weighted by Gasteiger charge is 2.35. The fraction of sp³-hybridized carbons (Fsp3) is 0.400. The van der Waals surface area contributed by atoms with Crippen LogP contribution in [0.15, 0.2) is 47.7 Å². The third kappa shape index (κ3) is 3.29. The molecule has 136 valence electrons. The number of benzene rings is 1. The van der Waals surface area contributed by atoms with Gasteiger partial charge in [0.15, 0.2) is 0 Å². The summed E-state index contributed by atoms with van der Waals surface area (Å²) in [5.41, 5.74) is 2.74. The third-order valence-corrected chi connectivity index (χ3v) is 5.23. The number of amides is 1. The van der Waals surface area contributed by atoms with E-state index < -0.39 is 0 Å². The summed E-state index contributed by atoms with van der Waals surface area (Å²) >= 11 is 0. The van der Waals surface area contributed by atoms with Crippen molar-refractivity contribution in [3.05, 3.63) is 59.7 Å². The van der Waals surface area contributed by atoms with Crippen LogP contribution in [0.25, 0.3) is 0 Å². The molecule has 1 saturated heterocycles. The number of carbonyl (C=O) groups is 1. The summed E-state index contributed by atoms with van der Waals surface area (Å²) in [5.74, 6) is -0.247. The number of rotatable bonds is 4. The number of hydrazone groups is 1. The molecule has 1 atom stereocenters. The molecule has 1 unspecified atom stereocenters. The van der Waals surface area contributed by atoms with E-state index in [-0.39, 0.29) is 17.8 Å². The van der Waals surface area contributed by atoms with Crippen LogP contribution in [-0.4, -0.2) is 45.7 Å². The highest BCUT2D eigenvalue weighted by molar-refractivity contribution is 6.03. The highest BCUT2D eigenvalue weighted by Crippen LogP contribution is 2.33. The zero-order valence-corrected chi connectivity index (χ0v) is 14.9. The van der Waals surface area contributed by atoms with Crippen LogP contribution in [0.3, 0.4) is 0 Å². The summed E-state index contributed by atoms with van der Waals surface area (Å²) in [5, 5.41) is 6.28. The van der Waals surface area contributed by atoms with Gasteiger partial charge in [-0.3, -0.25) is 9.69 Å². The molecule has 1 aromatic heterocycles. The average molecular weight is 354 g/mol. The van der Waals surface area contributed by atoms with Crippen molar-refractivity contribution in [2.75, 3.05) is 19.6 Å². The molecular weight excluding hydrogens is 331 g/mol. The first-order chi connectivity index (χ1) is 12.6. The molecule has 26 heavy (non-hydrogen) atoms. The summed E-state index contributed by atoms with van der Waals surface area (Å²) < 4.78 is 15.3. The van der Waals surface area contributed by atoms with Gasteiger partial charge in [-0.15, -0.1) is 0 Å². The minimum Gasteiger partial charge on any atom is -0.353 e. The first kappa shape index (κ1) is 17.0. The first-order valence-corrected chi connectivity index (χ1v) is 9.11. The van der Waals surface area contributed by atoms with E-state index in [9.17, 15) is 9.18 Å². The van der Waals surface area contributed by atoms with Crippen molar-refractivity contribution in [2.45, 2.75) is 25.3 Å². The van der Waals surface area contributed by atoms with Gasteiger partial charge in [-0.2, -0.15) is 5.10 Å². The quantitative estimate of drug-likeness (QED) is 0.847. The van der Waals surface area contributed by atoms with E-state index in [2.05, 4.69) is 10.0 Å². The highest BCUT2D eigenvalue weighted by atomic mass is 19.1. The van der Waals surface area contributed by atoms with Crippen LogP contribution in [0, 0.1) is 5.82 Å². The number of hydrogen-bond donors (Lipinski definition) is 0. The SMILES string of the molecule is Cn1cccc1C1CC(c2ccc(F)cc2)=NN1C(=O)CN1CCCC1. The summed E-state index contributed by atoms with van der Waals surface area (Å²) in [6, 6.07) is 10.2. The molecule has 1 aromatic carbocycles. The lowest BCUT2D eigenvalue weighted by atomic mass is 10.0. The molecule has 2 aromatic rings. The smallest absolute Gasteiger partial charge is 0.257 e. The standard InChI is InChI=1S/C20H23FN4O/c1-23-10-4-5-18(23)19-13-17(15-6-8-16(21)9-7-15)22-25(19)20(26)14-24-11-2-3-12-24/h4-10,19H,2-3,11-14H2,1H3. The lowest BCUT2D eigenvalue weighted by Gasteiger charge is -2.24. The molecule has 0 spiro atoms. The number of carbonyl (C=O) groups excluding carboxylic acids is 1. The van der Waals surface area contributed by atoms with Crippen LogP contribution in [0.1, 0.15) is 36.6 Å². The van der Waals surface area contributed by atoms with Gasteiger partial charge in [0.1, 0.15) is 11.9 Å². The molecule has 0 radical (unpaired) electrons. The third-order valence-electron chi connectivity index (χ3n) is 5.23. The molecule has 0 N–H and O–H groups in total. The van der Waals surface area contributed by atoms with Crippen LogP contribution in [-0.2, 0) is 11.8 Å². The number of likely N-dealkylation sites (tertiary alicyclic amines) is 1. The van der Waals surface area contributed by atoms with Crippen molar-refractivity contribution in [3.8, 4) is 0 Å². The molecule has 3 heterocycles. The fourth-order valence-corrected chi connectivity index (χ4v) is 3.81. The van der Waals surface area contributed by atoms with Gasteiger partial charge in [0.2, 0.25) is 0 Å². The van der Waals surface area contributed by atoms with E-state index in [4.69, 9.17) is 0 Å². The maximum atomic E-state index is 13.2. The normalized spacial score (nSPS) is 20.6. The summed E-state index contributed by atoms with van der Waals surface area (Å²) in [6.07, 6.45) is 4.92. The Balaban J connectivity index is 1.62. The molecule has 0 aliphatic carbocycles. The summed E-state index contributed by atoms with van der Waals surface area (Å²) in [6.45, 7) is 2.35. The maximum absolute atomic E-state index is 13.2. The van der Waals surface area contributed by atoms with E-state index >= 15 is 0 Å². The van der Waals surface area contributed by atoms with Gasteiger partial charge in [-0.25, -0.2) is 9.40 Å². The van der Waals surface area contributed by atoms with E-state index in [0.717, 1.165) is 42.9 Å². The monoisotopic (exact) mass is 354 g/mol. The minimum absolute atomic E-state index is 0.0233. The molecular formula is C20H23FN4O. The molecule has 6 heteroatoms. The van der Waals surface area contributed by atoms with E-state index in [1.54, 1.807) is 17.1 Å². The zero-order valence-electron chi connectivity index (χ0n) is 14.9. The van der Waals surface area contributed by atoms with Gasteiger partial charge in [0.25, 0.3) is 5.91 Å². The molecule has 0 saturated carbocycles. The Kier molecular flexibility index (Phi) is 4.59. The predicted octanol–water partition coefficient (Wildman–Crippen LogP) is 2.94. The Morgan fingerprint density at radius 3 is 2.58 bits per heavy atom. The molecule has 2 aliphatic heterocycles. The number of hydrogen-bond acceptors (Lipinski definition) is 3. The molecule has 1 amide bonds. The minimum atomic E-state index is -0.270. The molecule has 2 aliphatic rings. The topological polar surface area (TPSA) is 40.8 Å². The van der Waals surface area contributed by atoms with Gasteiger partial charge in [0, 0.05) is 25.4 Å². The largest absolute Gasteiger partial charge is 0.353 e. The molecule has 4 rings (SSSR count). The lowest BCUT2D eigenvalue weighted by molar-refractivity contribution is -0.134. The number of aromatic nitrogens is 1. The van der Waals surface area contributed by atoms with E-state index in [1.807, 2.05) is 29.9 Å². The number of nitrogens with zero attached hydrogens (tertiary/aromatic N) is 4. The Hall–Kier alpha value is -2.47. The van der Waals surface area contributed by atoms with Crippen molar-refractivity contribution in [3.63, 3.8) is 0 Å². The fourth-order valence-electron chi connectivity index (χ4n) is 3.81. The van der Waals surface area contributed by atoms with Gasteiger partial charge < -0.3 is 4.57 Å². The van der Waals surface area contributed by atoms with Crippen LogP contribution < -0.4 is 0 Å². The van der Waals surface area contributed by atoms with Gasteiger partial charge in [-0.1, -0.05) is 12.1 Å². The van der Waals surface area contributed by atoms with E-state index in [1.165, 1.54) is 12.1 Å². The average Bonchev–Trinajstić information content (AvgIpc) is 3.35. The van der Waals surface area contributed by atoms with Crippen LogP contribution in [0.2, 0.25) is 0 Å². The van der Waals surface area contributed by atoms with Gasteiger partial charge >= 0.3 is 0 Å². The van der Waals surface area contributed by atoms with Gasteiger partial charge in [0.05, 0.1) is 12.3 Å². The van der Waals surface area contributed by atoms with Crippen molar-refractivity contribution in [1.82, 2.24) is 14.5 Å². The predicted molar refractivity (Wildman–Crippen MR) is 98.2 cm³/mol. The van der Waals surface area contributed by atoms with Crippen LogP contribution >= 0.6 is 0 Å². The number of aryl methyl sites for hydroxylation is 1. The number of halogens is 1. The Bertz CT molecular complexity index is 821. The van der Waals surface area contributed by atoms with Crippen molar-refractivity contribution in [1.29, 1.82) is 0 Å². The first-order valence-electron chi connectivity index (χ1n) is 9.11.